The normalized spacial score (nSPS) is 16.5. The predicted octanol–water partition coefficient (Wildman–Crippen LogP) is 3.50. The zero-order chi connectivity index (χ0) is 16.2. The van der Waals surface area contributed by atoms with Gasteiger partial charge in [-0.25, -0.2) is 4.79 Å². The number of fused-ring (bicyclic) bond motifs is 1. The summed E-state index contributed by atoms with van der Waals surface area (Å²) in [4.78, 5) is 11.4. The van der Waals surface area contributed by atoms with Crippen LogP contribution in [0.1, 0.15) is 27.5 Å². The van der Waals surface area contributed by atoms with E-state index in [1.807, 2.05) is 0 Å². The molecule has 0 bridgehead atoms. The summed E-state index contributed by atoms with van der Waals surface area (Å²) in [5.41, 5.74) is 3.16. The van der Waals surface area contributed by atoms with Crippen molar-refractivity contribution in [1.29, 1.82) is 0 Å². The maximum absolute atomic E-state index is 11.4. The molecule has 0 radical (unpaired) electrons. The summed E-state index contributed by atoms with van der Waals surface area (Å²) in [6.07, 6.45) is 1.03. The van der Waals surface area contributed by atoms with E-state index in [2.05, 4.69) is 44.2 Å². The number of carbonyl (C=O) groups excluding carboxylic acids is 1. The van der Waals surface area contributed by atoms with Crippen LogP contribution in [-0.4, -0.2) is 26.2 Å². The molecule has 0 spiro atoms. The Morgan fingerprint density at radius 2 is 2.04 bits per heavy atom. The lowest BCUT2D eigenvalue weighted by molar-refractivity contribution is 0.0600. The number of rotatable bonds is 4. The summed E-state index contributed by atoms with van der Waals surface area (Å²) < 4.78 is 11.7. The number of halogens is 1. The molecule has 1 unspecified atom stereocenters. The Kier molecular flexibility index (Phi) is 4.98. The molecule has 0 amide bonds. The average Bonchev–Trinajstić information content (AvgIpc) is 2.59. The number of nitrogens with one attached hydrogen (secondary N) is 1. The Balaban J connectivity index is 1.66. The summed E-state index contributed by atoms with van der Waals surface area (Å²) in [5, 5.41) is 3.49. The first-order valence-corrected chi connectivity index (χ1v) is 8.29. The van der Waals surface area contributed by atoms with Crippen LogP contribution in [0.2, 0.25) is 0 Å². The van der Waals surface area contributed by atoms with Gasteiger partial charge in [-0.15, -0.1) is 0 Å². The summed E-state index contributed by atoms with van der Waals surface area (Å²) >= 11 is 3.52. The fraction of sp³-hybridized carbons (Fsp3) is 0.278. The third-order valence-electron chi connectivity index (χ3n) is 3.96. The Morgan fingerprint density at radius 3 is 2.78 bits per heavy atom. The predicted molar refractivity (Wildman–Crippen MR) is 91.9 cm³/mol. The van der Waals surface area contributed by atoms with Gasteiger partial charge in [0.05, 0.1) is 18.7 Å². The first-order chi connectivity index (χ1) is 11.2. The molecule has 1 aliphatic rings. The van der Waals surface area contributed by atoms with Gasteiger partial charge in [0, 0.05) is 4.47 Å². The van der Waals surface area contributed by atoms with Crippen LogP contribution in [0.4, 0.5) is 0 Å². The van der Waals surface area contributed by atoms with Crippen LogP contribution < -0.4 is 10.1 Å². The third kappa shape index (κ3) is 3.74. The SMILES string of the molecule is COC(=O)c1ccc(OCC2NCCc3cc(Br)ccc32)cc1. The van der Waals surface area contributed by atoms with Crippen LogP contribution in [0.25, 0.3) is 0 Å². The summed E-state index contributed by atoms with van der Waals surface area (Å²) in [7, 11) is 1.37. The fourth-order valence-corrected chi connectivity index (χ4v) is 3.16. The minimum absolute atomic E-state index is 0.173. The molecule has 120 valence electrons. The molecule has 5 heteroatoms. The van der Waals surface area contributed by atoms with E-state index < -0.39 is 0 Å². The van der Waals surface area contributed by atoms with E-state index in [4.69, 9.17) is 4.74 Å². The molecule has 0 saturated carbocycles. The maximum atomic E-state index is 11.4. The van der Waals surface area contributed by atoms with E-state index in [9.17, 15) is 4.79 Å². The van der Waals surface area contributed by atoms with Crippen LogP contribution in [0.15, 0.2) is 46.9 Å². The van der Waals surface area contributed by atoms with Gasteiger partial charge in [-0.1, -0.05) is 22.0 Å². The molecule has 4 nitrogen and oxygen atoms in total. The number of hydrogen-bond donors (Lipinski definition) is 1. The second kappa shape index (κ2) is 7.15. The molecule has 2 aromatic rings. The van der Waals surface area contributed by atoms with Crippen molar-refractivity contribution >= 4 is 21.9 Å². The molecule has 0 aliphatic carbocycles. The van der Waals surface area contributed by atoms with E-state index in [1.165, 1.54) is 18.2 Å². The smallest absolute Gasteiger partial charge is 0.337 e. The molecular formula is C18H18BrNO3. The zero-order valence-corrected chi connectivity index (χ0v) is 14.4. The molecule has 0 saturated heterocycles. The van der Waals surface area contributed by atoms with E-state index in [0.29, 0.717) is 12.2 Å². The number of esters is 1. The Bertz CT molecular complexity index is 700. The second-order valence-electron chi connectivity index (χ2n) is 5.43. The van der Waals surface area contributed by atoms with Crippen molar-refractivity contribution in [2.45, 2.75) is 12.5 Å². The van der Waals surface area contributed by atoms with Crippen LogP contribution in [0.5, 0.6) is 5.75 Å². The van der Waals surface area contributed by atoms with Gasteiger partial charge in [-0.3, -0.25) is 0 Å². The topological polar surface area (TPSA) is 47.6 Å². The Morgan fingerprint density at radius 1 is 1.26 bits per heavy atom. The Hall–Kier alpha value is -1.85. The molecule has 3 rings (SSSR count). The summed E-state index contributed by atoms with van der Waals surface area (Å²) in [5.74, 6) is 0.397. The van der Waals surface area contributed by atoms with Gasteiger partial charge in [0.2, 0.25) is 0 Å². The molecule has 1 atom stereocenters. The van der Waals surface area contributed by atoms with Crippen molar-refractivity contribution < 1.29 is 14.3 Å². The van der Waals surface area contributed by atoms with Crippen molar-refractivity contribution in [2.75, 3.05) is 20.3 Å². The molecule has 1 N–H and O–H groups in total. The fourth-order valence-electron chi connectivity index (χ4n) is 2.76. The highest BCUT2D eigenvalue weighted by Crippen LogP contribution is 2.26. The summed E-state index contributed by atoms with van der Waals surface area (Å²) in [6, 6.07) is 13.5. The van der Waals surface area contributed by atoms with Crippen LogP contribution in [0, 0.1) is 0 Å². The molecule has 23 heavy (non-hydrogen) atoms. The van der Waals surface area contributed by atoms with Gasteiger partial charge >= 0.3 is 5.97 Å². The largest absolute Gasteiger partial charge is 0.492 e. The number of hydrogen-bond acceptors (Lipinski definition) is 4. The maximum Gasteiger partial charge on any atom is 0.337 e. The standard InChI is InChI=1S/C18H18BrNO3/c1-22-18(21)12-2-5-15(6-3-12)23-11-17-16-7-4-14(19)10-13(16)8-9-20-17/h2-7,10,17,20H,8-9,11H2,1H3. The monoisotopic (exact) mass is 375 g/mol. The quantitative estimate of drug-likeness (QED) is 0.830. The number of benzene rings is 2. The van der Waals surface area contributed by atoms with Crippen molar-refractivity contribution in [3.8, 4) is 5.75 Å². The number of methoxy groups -OCH3 is 1. The molecule has 1 aliphatic heterocycles. The van der Waals surface area contributed by atoms with Crippen molar-refractivity contribution in [2.24, 2.45) is 0 Å². The molecule has 0 aromatic heterocycles. The highest BCUT2D eigenvalue weighted by atomic mass is 79.9. The minimum Gasteiger partial charge on any atom is -0.492 e. The summed E-state index contributed by atoms with van der Waals surface area (Å²) in [6.45, 7) is 1.49. The van der Waals surface area contributed by atoms with Crippen molar-refractivity contribution in [3.63, 3.8) is 0 Å². The third-order valence-corrected chi connectivity index (χ3v) is 4.45. The molecular weight excluding hydrogens is 358 g/mol. The molecule has 1 heterocycles. The lowest BCUT2D eigenvalue weighted by Gasteiger charge is -2.27. The second-order valence-corrected chi connectivity index (χ2v) is 6.34. The van der Waals surface area contributed by atoms with Gasteiger partial charge in [-0.05, 0) is 60.5 Å². The van der Waals surface area contributed by atoms with E-state index in [1.54, 1.807) is 24.3 Å². The lowest BCUT2D eigenvalue weighted by Crippen LogP contribution is -2.33. The number of ether oxygens (including phenoxy) is 2. The first-order valence-electron chi connectivity index (χ1n) is 7.50. The Labute approximate surface area is 143 Å². The lowest BCUT2D eigenvalue weighted by atomic mass is 9.95. The molecule has 0 fully saturated rings. The van der Waals surface area contributed by atoms with Gasteiger partial charge in [-0.2, -0.15) is 0 Å². The van der Waals surface area contributed by atoms with E-state index >= 15 is 0 Å². The van der Waals surface area contributed by atoms with Gasteiger partial charge in [0.15, 0.2) is 0 Å². The zero-order valence-electron chi connectivity index (χ0n) is 12.8. The highest BCUT2D eigenvalue weighted by molar-refractivity contribution is 9.10. The van der Waals surface area contributed by atoms with Gasteiger partial charge in [0.1, 0.15) is 12.4 Å². The highest BCUT2D eigenvalue weighted by Gasteiger charge is 2.20. The van der Waals surface area contributed by atoms with Crippen molar-refractivity contribution in [3.05, 3.63) is 63.6 Å². The van der Waals surface area contributed by atoms with Gasteiger partial charge < -0.3 is 14.8 Å². The van der Waals surface area contributed by atoms with Crippen molar-refractivity contribution in [1.82, 2.24) is 5.32 Å². The van der Waals surface area contributed by atoms with Crippen LogP contribution in [-0.2, 0) is 11.2 Å². The minimum atomic E-state index is -0.343. The van der Waals surface area contributed by atoms with E-state index in [0.717, 1.165) is 23.2 Å². The van der Waals surface area contributed by atoms with Crippen LogP contribution in [0.3, 0.4) is 0 Å². The van der Waals surface area contributed by atoms with E-state index in [-0.39, 0.29) is 12.0 Å². The average molecular weight is 376 g/mol. The van der Waals surface area contributed by atoms with Gasteiger partial charge in [0.25, 0.3) is 0 Å². The molecule has 2 aromatic carbocycles. The number of carbonyl (C=O) groups is 1. The van der Waals surface area contributed by atoms with Crippen LogP contribution >= 0.6 is 15.9 Å². The first kappa shape index (κ1) is 16.0.